The van der Waals surface area contributed by atoms with Crippen molar-refractivity contribution in [3.8, 4) is 23.0 Å². The van der Waals surface area contributed by atoms with Crippen molar-refractivity contribution in [2.75, 3.05) is 13.4 Å². The Labute approximate surface area is 135 Å². The summed E-state index contributed by atoms with van der Waals surface area (Å²) in [6.07, 6.45) is 1.60. The van der Waals surface area contributed by atoms with E-state index in [1.807, 2.05) is 37.3 Å². The molecule has 0 N–H and O–H groups in total. The minimum absolute atomic E-state index is 0.266. The van der Waals surface area contributed by atoms with Crippen LogP contribution < -0.4 is 4.74 Å². The third-order valence-corrected chi connectivity index (χ3v) is 3.89. The normalized spacial score (nSPS) is 12.3. The highest BCUT2D eigenvalue weighted by molar-refractivity contribution is 7.83. The van der Waals surface area contributed by atoms with Crippen molar-refractivity contribution in [3.63, 3.8) is 0 Å². The summed E-state index contributed by atoms with van der Waals surface area (Å²) in [5, 5.41) is 8.32. The maximum absolute atomic E-state index is 11.2. The van der Waals surface area contributed by atoms with Gasteiger partial charge in [0.25, 0.3) is 5.89 Å². The summed E-state index contributed by atoms with van der Waals surface area (Å²) in [6.45, 7) is 1.94. The number of nitrogens with zero attached hydrogens (tertiary/aromatic N) is 4. The predicted molar refractivity (Wildman–Crippen MR) is 85.9 cm³/mol. The summed E-state index contributed by atoms with van der Waals surface area (Å²) in [5.41, 5.74) is 2.42. The highest BCUT2D eigenvalue weighted by atomic mass is 32.2. The molecule has 120 valence electrons. The second kappa shape index (κ2) is 6.33. The Morgan fingerprint density at radius 3 is 2.70 bits per heavy atom. The number of hydrogen-bond acceptors (Lipinski definition) is 6. The van der Waals surface area contributed by atoms with Crippen LogP contribution in [-0.4, -0.2) is 37.5 Å². The van der Waals surface area contributed by atoms with E-state index in [9.17, 15) is 4.21 Å². The molecule has 3 aromatic rings. The molecule has 0 saturated carbocycles. The number of hydrogen-bond donors (Lipinski definition) is 0. The first-order chi connectivity index (χ1) is 11.1. The summed E-state index contributed by atoms with van der Waals surface area (Å²) in [4.78, 5) is 4.23. The molecule has 0 aliphatic heterocycles. The summed E-state index contributed by atoms with van der Waals surface area (Å²) in [7, 11) is 0.614. The van der Waals surface area contributed by atoms with E-state index in [0.29, 0.717) is 17.4 Å². The van der Waals surface area contributed by atoms with Gasteiger partial charge in [0, 0.05) is 22.7 Å². The number of methoxy groups -OCH3 is 1. The van der Waals surface area contributed by atoms with E-state index in [2.05, 4.69) is 15.2 Å². The molecule has 1 atom stereocenters. The Bertz CT molecular complexity index is 839. The molecule has 3 rings (SSSR count). The molecule has 1 aromatic carbocycles. The van der Waals surface area contributed by atoms with Gasteiger partial charge in [-0.25, -0.2) is 4.68 Å². The first-order valence-corrected chi connectivity index (χ1v) is 8.63. The van der Waals surface area contributed by atoms with E-state index < -0.39 is 10.8 Å². The van der Waals surface area contributed by atoms with Gasteiger partial charge in [-0.2, -0.15) is 10.1 Å². The molecular weight excluding hydrogens is 316 g/mol. The molecule has 0 saturated heterocycles. The third-order valence-electron chi connectivity index (χ3n) is 3.22. The number of aryl methyl sites for hydroxylation is 1. The van der Waals surface area contributed by atoms with Gasteiger partial charge in [0.15, 0.2) is 11.5 Å². The first-order valence-electron chi connectivity index (χ1n) is 6.91. The fourth-order valence-electron chi connectivity index (χ4n) is 2.16. The van der Waals surface area contributed by atoms with Gasteiger partial charge >= 0.3 is 0 Å². The molecule has 0 fully saturated rings. The molecule has 2 aromatic heterocycles. The van der Waals surface area contributed by atoms with Crippen molar-refractivity contribution >= 4 is 10.8 Å². The van der Waals surface area contributed by atoms with Gasteiger partial charge < -0.3 is 9.26 Å². The topological polar surface area (TPSA) is 83.0 Å². The zero-order chi connectivity index (χ0) is 16.4. The van der Waals surface area contributed by atoms with Crippen molar-refractivity contribution in [2.45, 2.75) is 12.7 Å². The van der Waals surface area contributed by atoms with Crippen molar-refractivity contribution in [1.29, 1.82) is 0 Å². The second-order valence-electron chi connectivity index (χ2n) is 5.01. The molecule has 0 unspecified atom stereocenters. The van der Waals surface area contributed by atoms with Crippen LogP contribution >= 0.6 is 0 Å². The quantitative estimate of drug-likeness (QED) is 0.712. The van der Waals surface area contributed by atoms with Crippen molar-refractivity contribution < 1.29 is 13.5 Å². The number of rotatable bonds is 5. The monoisotopic (exact) mass is 332 g/mol. The largest absolute Gasteiger partial charge is 0.497 e. The average Bonchev–Trinajstić information content (AvgIpc) is 3.13. The van der Waals surface area contributed by atoms with Crippen molar-refractivity contribution in [2.24, 2.45) is 0 Å². The SMILES string of the molecule is COc1ccc(-n2nc(-c3nc(C[S@@](C)=O)no3)cc2C)cc1. The van der Waals surface area contributed by atoms with Crippen molar-refractivity contribution in [1.82, 2.24) is 19.9 Å². The maximum Gasteiger partial charge on any atom is 0.278 e. The van der Waals surface area contributed by atoms with Gasteiger partial charge in [-0.1, -0.05) is 5.16 Å². The van der Waals surface area contributed by atoms with E-state index in [1.165, 1.54) is 0 Å². The molecule has 0 spiro atoms. The highest BCUT2D eigenvalue weighted by Crippen LogP contribution is 2.21. The summed E-state index contributed by atoms with van der Waals surface area (Å²) >= 11 is 0. The second-order valence-corrected chi connectivity index (χ2v) is 6.45. The lowest BCUT2D eigenvalue weighted by Gasteiger charge is -2.05. The zero-order valence-electron chi connectivity index (χ0n) is 13.0. The summed E-state index contributed by atoms with van der Waals surface area (Å²) in [5.74, 6) is 1.79. The fraction of sp³-hybridized carbons (Fsp3) is 0.267. The highest BCUT2D eigenvalue weighted by Gasteiger charge is 2.15. The smallest absolute Gasteiger partial charge is 0.278 e. The van der Waals surface area contributed by atoms with Crippen LogP contribution in [0.1, 0.15) is 11.5 Å². The molecule has 0 aliphatic carbocycles. The van der Waals surface area contributed by atoms with Gasteiger partial charge in [0.2, 0.25) is 0 Å². The molecule has 23 heavy (non-hydrogen) atoms. The molecule has 7 nitrogen and oxygen atoms in total. The lowest BCUT2D eigenvalue weighted by Crippen LogP contribution is -1.98. The molecule has 2 heterocycles. The summed E-state index contributed by atoms with van der Waals surface area (Å²) < 4.78 is 23.4. The number of aromatic nitrogens is 4. The molecule has 0 bridgehead atoms. The van der Waals surface area contributed by atoms with E-state index >= 15 is 0 Å². The van der Waals surface area contributed by atoms with Crippen LogP contribution in [0.5, 0.6) is 5.75 Å². The minimum Gasteiger partial charge on any atom is -0.497 e. The van der Waals surface area contributed by atoms with Crippen LogP contribution in [0.3, 0.4) is 0 Å². The fourth-order valence-corrected chi connectivity index (χ4v) is 2.64. The van der Waals surface area contributed by atoms with Gasteiger partial charge in [-0.05, 0) is 37.3 Å². The molecule has 0 radical (unpaired) electrons. The van der Waals surface area contributed by atoms with Crippen LogP contribution in [0.25, 0.3) is 17.3 Å². The van der Waals surface area contributed by atoms with E-state index in [-0.39, 0.29) is 5.75 Å². The van der Waals surface area contributed by atoms with Gasteiger partial charge in [-0.15, -0.1) is 0 Å². The Morgan fingerprint density at radius 1 is 1.30 bits per heavy atom. The van der Waals surface area contributed by atoms with Gasteiger partial charge in [0.05, 0.1) is 18.6 Å². The first kappa shape index (κ1) is 15.4. The summed E-state index contributed by atoms with van der Waals surface area (Å²) in [6, 6.07) is 9.45. The number of benzene rings is 1. The van der Waals surface area contributed by atoms with Crippen LogP contribution in [0.4, 0.5) is 0 Å². The third kappa shape index (κ3) is 3.31. The van der Waals surface area contributed by atoms with E-state index in [1.54, 1.807) is 18.0 Å². The van der Waals surface area contributed by atoms with Crippen LogP contribution in [0.2, 0.25) is 0 Å². The molecule has 0 aliphatic rings. The zero-order valence-corrected chi connectivity index (χ0v) is 13.8. The lowest BCUT2D eigenvalue weighted by atomic mass is 10.3. The van der Waals surface area contributed by atoms with Crippen molar-refractivity contribution in [3.05, 3.63) is 41.9 Å². The Kier molecular flexibility index (Phi) is 4.24. The van der Waals surface area contributed by atoms with Gasteiger partial charge in [-0.3, -0.25) is 4.21 Å². The van der Waals surface area contributed by atoms with E-state index in [4.69, 9.17) is 9.26 Å². The predicted octanol–water partition coefficient (Wildman–Crippen LogP) is 2.12. The molecule has 0 amide bonds. The Morgan fingerprint density at radius 2 is 2.04 bits per heavy atom. The minimum atomic E-state index is -1.01. The number of ether oxygens (including phenoxy) is 1. The average molecular weight is 332 g/mol. The van der Waals surface area contributed by atoms with E-state index in [0.717, 1.165) is 17.1 Å². The van der Waals surface area contributed by atoms with Gasteiger partial charge in [0.1, 0.15) is 5.75 Å². The molecular formula is C15H16N4O3S. The van der Waals surface area contributed by atoms with Crippen LogP contribution in [-0.2, 0) is 16.6 Å². The molecule has 8 heteroatoms. The standard InChI is InChI=1S/C15H16N4O3S/c1-10-8-13(15-16-14(18-22-15)9-23(3)20)17-19(10)11-4-6-12(21-2)7-5-11/h4-8H,9H2,1-3H3/t23-/m1/s1. The van der Waals surface area contributed by atoms with Crippen LogP contribution in [0.15, 0.2) is 34.9 Å². The maximum atomic E-state index is 11.2. The van der Waals surface area contributed by atoms with Crippen LogP contribution in [0, 0.1) is 6.92 Å². The Balaban J connectivity index is 1.90. The lowest BCUT2D eigenvalue weighted by molar-refractivity contribution is 0.414. The Hall–Kier alpha value is -2.48.